The molecule has 0 radical (unpaired) electrons. The number of hydrogen-bond acceptors (Lipinski definition) is 3. The fraction of sp³-hybridized carbons (Fsp3) is 0.400. The van der Waals surface area contributed by atoms with Gasteiger partial charge in [-0.3, -0.25) is 9.69 Å². The van der Waals surface area contributed by atoms with E-state index in [1.165, 1.54) is 0 Å². The Hall–Kier alpha value is -1.36. The third kappa shape index (κ3) is 3.82. The zero-order chi connectivity index (χ0) is 14.4. The first-order chi connectivity index (χ1) is 9.72. The molecule has 1 saturated heterocycles. The molecule has 1 amide bonds. The van der Waals surface area contributed by atoms with Gasteiger partial charge in [-0.1, -0.05) is 35.9 Å². The number of piperazine rings is 1. The molecule has 2 rings (SSSR count). The predicted octanol–water partition coefficient (Wildman–Crippen LogP) is 1.59. The first-order valence-electron chi connectivity index (χ1n) is 6.79. The Kier molecular flexibility index (Phi) is 5.59. The van der Waals surface area contributed by atoms with Gasteiger partial charge in [-0.2, -0.15) is 0 Å². The molecule has 1 aromatic carbocycles. The van der Waals surface area contributed by atoms with Crippen molar-refractivity contribution in [2.45, 2.75) is 6.04 Å². The van der Waals surface area contributed by atoms with Crippen molar-refractivity contribution < 1.29 is 4.79 Å². The van der Waals surface area contributed by atoms with Crippen LogP contribution in [0.2, 0.25) is 5.02 Å². The summed E-state index contributed by atoms with van der Waals surface area (Å²) in [5.74, 6) is 0.0175. The molecule has 20 heavy (non-hydrogen) atoms. The van der Waals surface area contributed by atoms with Gasteiger partial charge in [0.1, 0.15) is 0 Å². The summed E-state index contributed by atoms with van der Waals surface area (Å²) in [4.78, 5) is 14.0. The minimum Gasteiger partial charge on any atom is -0.352 e. The predicted molar refractivity (Wildman–Crippen MR) is 81.8 cm³/mol. The lowest BCUT2D eigenvalue weighted by atomic mass is 10.0. The van der Waals surface area contributed by atoms with E-state index in [0.29, 0.717) is 13.1 Å². The Morgan fingerprint density at radius 2 is 2.35 bits per heavy atom. The lowest BCUT2D eigenvalue weighted by Crippen LogP contribution is -2.49. The third-order valence-corrected chi connectivity index (χ3v) is 3.75. The lowest BCUT2D eigenvalue weighted by molar-refractivity contribution is -0.122. The largest absolute Gasteiger partial charge is 0.352 e. The van der Waals surface area contributed by atoms with Gasteiger partial charge in [0.15, 0.2) is 0 Å². The van der Waals surface area contributed by atoms with Crippen molar-refractivity contribution in [3.8, 4) is 0 Å². The normalized spacial score (nSPS) is 19.6. The fourth-order valence-corrected chi connectivity index (χ4v) is 2.68. The first kappa shape index (κ1) is 15.0. The highest BCUT2D eigenvalue weighted by Crippen LogP contribution is 2.28. The van der Waals surface area contributed by atoms with E-state index in [4.69, 9.17) is 11.6 Å². The monoisotopic (exact) mass is 293 g/mol. The topological polar surface area (TPSA) is 44.4 Å². The van der Waals surface area contributed by atoms with Crippen molar-refractivity contribution in [1.29, 1.82) is 0 Å². The Morgan fingerprint density at radius 1 is 1.55 bits per heavy atom. The average Bonchev–Trinajstić information content (AvgIpc) is 2.46. The molecule has 1 aliphatic heterocycles. The highest BCUT2D eigenvalue weighted by Gasteiger charge is 2.26. The van der Waals surface area contributed by atoms with Crippen LogP contribution in [0.25, 0.3) is 0 Å². The van der Waals surface area contributed by atoms with Crippen LogP contribution in [0.1, 0.15) is 11.6 Å². The molecule has 1 unspecified atom stereocenters. The Balaban J connectivity index is 2.07. The molecule has 1 heterocycles. The second kappa shape index (κ2) is 7.43. The smallest absolute Gasteiger partial charge is 0.234 e. The van der Waals surface area contributed by atoms with Gasteiger partial charge in [-0.15, -0.1) is 6.58 Å². The van der Waals surface area contributed by atoms with E-state index in [9.17, 15) is 4.79 Å². The maximum Gasteiger partial charge on any atom is 0.234 e. The van der Waals surface area contributed by atoms with Crippen LogP contribution in [0.5, 0.6) is 0 Å². The fourth-order valence-electron chi connectivity index (χ4n) is 2.41. The summed E-state index contributed by atoms with van der Waals surface area (Å²) in [6.45, 7) is 7.00. The first-order valence-corrected chi connectivity index (χ1v) is 7.17. The highest BCUT2D eigenvalue weighted by atomic mass is 35.5. The summed E-state index contributed by atoms with van der Waals surface area (Å²) in [6, 6.07) is 7.94. The molecule has 4 nitrogen and oxygen atoms in total. The van der Waals surface area contributed by atoms with Crippen LogP contribution in [0.3, 0.4) is 0 Å². The molecule has 0 bridgehead atoms. The SMILES string of the molecule is C=CCNC(=O)CN1CCNCC1c1ccccc1Cl. The molecule has 1 fully saturated rings. The van der Waals surface area contributed by atoms with Crippen LogP contribution in [-0.2, 0) is 4.79 Å². The number of carbonyl (C=O) groups is 1. The molecular weight excluding hydrogens is 274 g/mol. The average molecular weight is 294 g/mol. The zero-order valence-electron chi connectivity index (χ0n) is 11.4. The number of nitrogens with zero attached hydrogens (tertiary/aromatic N) is 1. The number of hydrogen-bond donors (Lipinski definition) is 2. The van der Waals surface area contributed by atoms with E-state index >= 15 is 0 Å². The summed E-state index contributed by atoms with van der Waals surface area (Å²) in [5, 5.41) is 6.92. The van der Waals surface area contributed by atoms with Crippen molar-refractivity contribution in [2.24, 2.45) is 0 Å². The van der Waals surface area contributed by atoms with Crippen LogP contribution in [-0.4, -0.2) is 43.5 Å². The van der Waals surface area contributed by atoms with Gasteiger partial charge in [0.2, 0.25) is 5.91 Å². The summed E-state index contributed by atoms with van der Waals surface area (Å²) < 4.78 is 0. The van der Waals surface area contributed by atoms with E-state index in [-0.39, 0.29) is 11.9 Å². The molecule has 0 spiro atoms. The van der Waals surface area contributed by atoms with Crippen molar-refractivity contribution in [3.05, 3.63) is 47.5 Å². The molecule has 2 N–H and O–H groups in total. The Morgan fingerprint density at radius 3 is 3.10 bits per heavy atom. The molecule has 1 aromatic rings. The van der Waals surface area contributed by atoms with E-state index in [1.807, 2.05) is 24.3 Å². The standard InChI is InChI=1S/C15H20ClN3O/c1-2-7-18-15(20)11-19-9-8-17-10-14(19)12-5-3-4-6-13(12)16/h2-6,14,17H,1,7-11H2,(H,18,20). The third-order valence-electron chi connectivity index (χ3n) is 3.41. The van der Waals surface area contributed by atoms with Crippen LogP contribution in [0.4, 0.5) is 0 Å². The van der Waals surface area contributed by atoms with Crippen LogP contribution < -0.4 is 10.6 Å². The summed E-state index contributed by atoms with van der Waals surface area (Å²) in [7, 11) is 0. The van der Waals surface area contributed by atoms with Crippen LogP contribution in [0, 0.1) is 0 Å². The van der Waals surface area contributed by atoms with Gasteiger partial charge in [0.25, 0.3) is 0 Å². The van der Waals surface area contributed by atoms with E-state index in [0.717, 1.165) is 30.2 Å². The zero-order valence-corrected chi connectivity index (χ0v) is 12.2. The number of nitrogens with one attached hydrogen (secondary N) is 2. The summed E-state index contributed by atoms with van der Waals surface area (Å²) in [5.41, 5.74) is 1.07. The van der Waals surface area contributed by atoms with Crippen LogP contribution in [0.15, 0.2) is 36.9 Å². The molecule has 1 aliphatic rings. The molecule has 5 heteroatoms. The van der Waals surface area contributed by atoms with Gasteiger partial charge >= 0.3 is 0 Å². The second-order valence-electron chi connectivity index (χ2n) is 4.80. The Bertz CT molecular complexity index is 478. The van der Waals surface area contributed by atoms with Crippen LogP contribution >= 0.6 is 11.6 Å². The van der Waals surface area contributed by atoms with E-state index in [1.54, 1.807) is 6.08 Å². The highest BCUT2D eigenvalue weighted by molar-refractivity contribution is 6.31. The van der Waals surface area contributed by atoms with E-state index < -0.39 is 0 Å². The van der Waals surface area contributed by atoms with E-state index in [2.05, 4.69) is 22.1 Å². The molecule has 108 valence electrons. The molecule has 0 aromatic heterocycles. The summed E-state index contributed by atoms with van der Waals surface area (Å²) >= 11 is 6.27. The maximum absolute atomic E-state index is 11.9. The Labute approximate surface area is 124 Å². The number of amides is 1. The summed E-state index contributed by atoms with van der Waals surface area (Å²) in [6.07, 6.45) is 1.68. The second-order valence-corrected chi connectivity index (χ2v) is 5.21. The maximum atomic E-state index is 11.9. The number of rotatable bonds is 5. The molecule has 0 aliphatic carbocycles. The number of halogens is 1. The van der Waals surface area contributed by atoms with Crippen molar-refractivity contribution in [2.75, 3.05) is 32.7 Å². The van der Waals surface area contributed by atoms with Gasteiger partial charge in [0.05, 0.1) is 6.54 Å². The van der Waals surface area contributed by atoms with Gasteiger partial charge in [-0.25, -0.2) is 0 Å². The van der Waals surface area contributed by atoms with Crippen molar-refractivity contribution >= 4 is 17.5 Å². The van der Waals surface area contributed by atoms with Gasteiger partial charge in [-0.05, 0) is 11.6 Å². The molecule has 1 atom stereocenters. The van der Waals surface area contributed by atoms with Crippen molar-refractivity contribution in [3.63, 3.8) is 0 Å². The lowest BCUT2D eigenvalue weighted by Gasteiger charge is -2.36. The number of carbonyl (C=O) groups excluding carboxylic acids is 1. The minimum absolute atomic E-state index is 0.0175. The molecular formula is C15H20ClN3O. The van der Waals surface area contributed by atoms with Gasteiger partial charge in [0, 0.05) is 37.2 Å². The minimum atomic E-state index is 0.0175. The quantitative estimate of drug-likeness (QED) is 0.811. The number of benzene rings is 1. The van der Waals surface area contributed by atoms with Crippen molar-refractivity contribution in [1.82, 2.24) is 15.5 Å². The van der Waals surface area contributed by atoms with Gasteiger partial charge < -0.3 is 10.6 Å². The molecule has 0 saturated carbocycles.